The Morgan fingerprint density at radius 1 is 1.26 bits per heavy atom. The SMILES string of the molecule is CCCNC(C)c1ccccc1Sc1ccncn1. The van der Waals surface area contributed by atoms with Crippen molar-refractivity contribution in [1.29, 1.82) is 0 Å². The van der Waals surface area contributed by atoms with Gasteiger partial charge in [0, 0.05) is 17.1 Å². The summed E-state index contributed by atoms with van der Waals surface area (Å²) in [6, 6.07) is 10.8. The molecule has 1 atom stereocenters. The third-order valence-electron chi connectivity index (χ3n) is 2.86. The van der Waals surface area contributed by atoms with Crippen molar-refractivity contribution in [3.8, 4) is 0 Å². The fourth-order valence-corrected chi connectivity index (χ4v) is 2.82. The van der Waals surface area contributed by atoms with Crippen LogP contribution in [0, 0.1) is 0 Å². The number of rotatable bonds is 6. The van der Waals surface area contributed by atoms with Crippen LogP contribution in [0.25, 0.3) is 0 Å². The van der Waals surface area contributed by atoms with Gasteiger partial charge in [-0.1, -0.05) is 36.9 Å². The molecule has 0 radical (unpaired) electrons. The zero-order valence-electron chi connectivity index (χ0n) is 11.3. The van der Waals surface area contributed by atoms with E-state index in [9.17, 15) is 0 Å². The van der Waals surface area contributed by atoms with Crippen LogP contribution in [0.15, 0.2) is 52.8 Å². The molecule has 3 nitrogen and oxygen atoms in total. The standard InChI is InChI=1S/C15H19N3S/c1-3-9-17-12(2)13-6-4-5-7-14(13)19-15-8-10-16-11-18-15/h4-8,10-12,17H,3,9H2,1-2H3. The minimum atomic E-state index is 0.352. The van der Waals surface area contributed by atoms with E-state index in [-0.39, 0.29) is 0 Å². The summed E-state index contributed by atoms with van der Waals surface area (Å²) in [4.78, 5) is 9.46. The monoisotopic (exact) mass is 273 g/mol. The molecule has 0 amide bonds. The summed E-state index contributed by atoms with van der Waals surface area (Å²) in [5, 5.41) is 4.51. The number of hydrogen-bond donors (Lipinski definition) is 1. The number of nitrogens with zero attached hydrogens (tertiary/aromatic N) is 2. The minimum Gasteiger partial charge on any atom is -0.310 e. The minimum absolute atomic E-state index is 0.352. The second kappa shape index (κ2) is 7.26. The lowest BCUT2D eigenvalue weighted by Crippen LogP contribution is -2.19. The van der Waals surface area contributed by atoms with Gasteiger partial charge >= 0.3 is 0 Å². The van der Waals surface area contributed by atoms with E-state index in [1.54, 1.807) is 24.3 Å². The molecule has 1 heterocycles. The maximum atomic E-state index is 4.27. The van der Waals surface area contributed by atoms with Crippen LogP contribution in [-0.4, -0.2) is 16.5 Å². The van der Waals surface area contributed by atoms with Gasteiger partial charge in [0.25, 0.3) is 0 Å². The largest absolute Gasteiger partial charge is 0.310 e. The van der Waals surface area contributed by atoms with Gasteiger partial charge in [0.05, 0.1) is 0 Å². The summed E-state index contributed by atoms with van der Waals surface area (Å²) in [7, 11) is 0. The van der Waals surface area contributed by atoms with Gasteiger partial charge in [0.15, 0.2) is 0 Å². The van der Waals surface area contributed by atoms with E-state index in [1.165, 1.54) is 10.5 Å². The molecular weight excluding hydrogens is 254 g/mol. The van der Waals surface area contributed by atoms with E-state index >= 15 is 0 Å². The Bertz CT molecular complexity index is 502. The molecular formula is C15H19N3S. The smallest absolute Gasteiger partial charge is 0.116 e. The zero-order chi connectivity index (χ0) is 13.5. The van der Waals surface area contributed by atoms with Gasteiger partial charge in [-0.05, 0) is 37.6 Å². The molecule has 1 aromatic heterocycles. The molecule has 2 aromatic rings. The fourth-order valence-electron chi connectivity index (χ4n) is 1.85. The summed E-state index contributed by atoms with van der Waals surface area (Å²) in [6.45, 7) is 5.42. The van der Waals surface area contributed by atoms with Gasteiger partial charge in [-0.25, -0.2) is 9.97 Å². The van der Waals surface area contributed by atoms with Crippen LogP contribution in [0.2, 0.25) is 0 Å². The van der Waals surface area contributed by atoms with Crippen molar-refractivity contribution < 1.29 is 0 Å². The van der Waals surface area contributed by atoms with Crippen molar-refractivity contribution in [2.75, 3.05) is 6.54 Å². The Labute approximate surface area is 118 Å². The summed E-state index contributed by atoms with van der Waals surface area (Å²) in [6.07, 6.45) is 4.51. The van der Waals surface area contributed by atoms with Gasteiger partial charge in [0.1, 0.15) is 11.4 Å². The molecule has 1 aromatic carbocycles. The highest BCUT2D eigenvalue weighted by Gasteiger charge is 2.10. The van der Waals surface area contributed by atoms with Crippen molar-refractivity contribution in [3.63, 3.8) is 0 Å². The van der Waals surface area contributed by atoms with Crippen LogP contribution in [0.4, 0.5) is 0 Å². The van der Waals surface area contributed by atoms with Crippen molar-refractivity contribution in [2.24, 2.45) is 0 Å². The highest BCUT2D eigenvalue weighted by atomic mass is 32.2. The quantitative estimate of drug-likeness (QED) is 0.815. The topological polar surface area (TPSA) is 37.8 Å². The number of benzene rings is 1. The Morgan fingerprint density at radius 2 is 2.11 bits per heavy atom. The molecule has 100 valence electrons. The summed E-state index contributed by atoms with van der Waals surface area (Å²) >= 11 is 1.68. The number of aromatic nitrogens is 2. The predicted octanol–water partition coefficient (Wildman–Crippen LogP) is 3.69. The first-order valence-electron chi connectivity index (χ1n) is 6.57. The molecule has 19 heavy (non-hydrogen) atoms. The van der Waals surface area contributed by atoms with E-state index in [1.807, 2.05) is 6.07 Å². The summed E-state index contributed by atoms with van der Waals surface area (Å²) < 4.78 is 0. The maximum Gasteiger partial charge on any atom is 0.116 e. The first-order chi connectivity index (χ1) is 9.31. The maximum absolute atomic E-state index is 4.27. The molecule has 0 fully saturated rings. The second-order valence-corrected chi connectivity index (χ2v) is 5.43. The third kappa shape index (κ3) is 4.04. The lowest BCUT2D eigenvalue weighted by molar-refractivity contribution is 0.564. The summed E-state index contributed by atoms with van der Waals surface area (Å²) in [5.74, 6) is 0. The lowest BCUT2D eigenvalue weighted by atomic mass is 10.1. The summed E-state index contributed by atoms with van der Waals surface area (Å²) in [5.41, 5.74) is 1.32. The molecule has 0 aliphatic carbocycles. The van der Waals surface area contributed by atoms with Crippen LogP contribution in [-0.2, 0) is 0 Å². The molecule has 0 spiro atoms. The molecule has 0 bridgehead atoms. The van der Waals surface area contributed by atoms with E-state index in [0.29, 0.717) is 6.04 Å². The molecule has 0 saturated carbocycles. The van der Waals surface area contributed by atoms with Crippen LogP contribution in [0.5, 0.6) is 0 Å². The molecule has 0 saturated heterocycles. The van der Waals surface area contributed by atoms with Crippen LogP contribution >= 0.6 is 11.8 Å². The average molecular weight is 273 g/mol. The Balaban J connectivity index is 2.16. The van der Waals surface area contributed by atoms with E-state index < -0.39 is 0 Å². The highest BCUT2D eigenvalue weighted by Crippen LogP contribution is 2.31. The predicted molar refractivity (Wildman–Crippen MR) is 79.3 cm³/mol. The van der Waals surface area contributed by atoms with Gasteiger partial charge < -0.3 is 5.32 Å². The number of hydrogen-bond acceptors (Lipinski definition) is 4. The third-order valence-corrected chi connectivity index (χ3v) is 3.90. The van der Waals surface area contributed by atoms with Gasteiger partial charge in [0.2, 0.25) is 0 Å². The zero-order valence-corrected chi connectivity index (χ0v) is 12.2. The van der Waals surface area contributed by atoms with Gasteiger partial charge in [-0.15, -0.1) is 0 Å². The van der Waals surface area contributed by atoms with Crippen molar-refractivity contribution >= 4 is 11.8 Å². The van der Waals surface area contributed by atoms with Gasteiger partial charge in [-0.3, -0.25) is 0 Å². The second-order valence-electron chi connectivity index (χ2n) is 4.36. The first-order valence-corrected chi connectivity index (χ1v) is 7.39. The molecule has 0 aliphatic rings. The molecule has 0 aliphatic heterocycles. The van der Waals surface area contributed by atoms with Crippen molar-refractivity contribution in [2.45, 2.75) is 36.2 Å². The molecule has 2 rings (SSSR count). The molecule has 1 N–H and O–H groups in total. The van der Waals surface area contributed by atoms with Crippen molar-refractivity contribution in [1.82, 2.24) is 15.3 Å². The Morgan fingerprint density at radius 3 is 2.84 bits per heavy atom. The van der Waals surface area contributed by atoms with E-state index in [4.69, 9.17) is 0 Å². The Kier molecular flexibility index (Phi) is 5.36. The molecule has 4 heteroatoms. The average Bonchev–Trinajstić information content (AvgIpc) is 2.46. The van der Waals surface area contributed by atoms with E-state index in [2.05, 4.69) is 53.4 Å². The first kappa shape index (κ1) is 14.0. The van der Waals surface area contributed by atoms with Crippen LogP contribution in [0.1, 0.15) is 31.9 Å². The number of nitrogens with one attached hydrogen (secondary N) is 1. The highest BCUT2D eigenvalue weighted by molar-refractivity contribution is 7.99. The van der Waals surface area contributed by atoms with Gasteiger partial charge in [-0.2, -0.15) is 0 Å². The van der Waals surface area contributed by atoms with Crippen LogP contribution < -0.4 is 5.32 Å². The Hall–Kier alpha value is -1.39. The van der Waals surface area contributed by atoms with Crippen molar-refractivity contribution in [3.05, 3.63) is 48.4 Å². The molecule has 1 unspecified atom stereocenters. The fraction of sp³-hybridized carbons (Fsp3) is 0.333. The van der Waals surface area contributed by atoms with Crippen LogP contribution in [0.3, 0.4) is 0 Å². The van der Waals surface area contributed by atoms with E-state index in [0.717, 1.165) is 18.0 Å². The lowest BCUT2D eigenvalue weighted by Gasteiger charge is -2.17. The normalized spacial score (nSPS) is 12.3.